The third-order valence-corrected chi connectivity index (χ3v) is 8.45. The average molecular weight is 605 g/mol. The zero-order chi connectivity index (χ0) is 32.9. The molecule has 2 heterocycles. The first-order valence-corrected chi connectivity index (χ1v) is 16.7. The van der Waals surface area contributed by atoms with Gasteiger partial charge in [0.05, 0.1) is 12.8 Å². The highest BCUT2D eigenvalue weighted by molar-refractivity contribution is 6.05. The number of para-hydroxylation sites is 2. The molecular weight excluding hydrogens is 548 g/mol. The Balaban J connectivity index is 0.000000261. The van der Waals surface area contributed by atoms with Crippen LogP contribution in [-0.2, 0) is 19.4 Å². The second-order valence-electron chi connectivity index (χ2n) is 11.4. The molecule has 4 aromatic carbocycles. The Morgan fingerprint density at radius 2 is 1.22 bits per heavy atom. The Morgan fingerprint density at radius 3 is 1.80 bits per heavy atom. The van der Waals surface area contributed by atoms with Crippen LogP contribution < -0.4 is 9.80 Å². The van der Waals surface area contributed by atoms with Crippen LogP contribution in [-0.4, -0.2) is 55.3 Å². The Kier molecular flexibility index (Phi) is 13.6. The minimum atomic E-state index is 0.942. The third-order valence-electron chi connectivity index (χ3n) is 8.45. The van der Waals surface area contributed by atoms with E-state index in [9.17, 15) is 0 Å². The topological polar surface area (TPSA) is 12.5 Å². The number of anilines is 2. The first kappa shape index (κ1) is 35.3. The van der Waals surface area contributed by atoms with Gasteiger partial charge < -0.3 is 9.80 Å². The SMILES string of the molecule is CC.CC.CCN(C)c1ccc(N(C)C)c(C)c1.C[N+]1=C(CC2=[N+](Cc3ccccc3)c3ccccc3C2)Cc2ccccc21. The molecule has 0 unspecified atom stereocenters. The molecule has 4 aromatic rings. The standard InChI is InChI=1S/C25H24N2.C12H20N2.2C2H6/c1-26-22(15-20-11-5-7-13-24(20)26)17-23-16-21-12-6-8-14-25(21)27(23)18-19-9-3-2-4-10-19;1-6-14(5)11-7-8-12(13(3)4)10(2)9-11;2*1-2/h2-14H,15-18H2,1H3;7-9H,6H2,1-5H3;2*1-2H3/q+2;;;. The summed E-state index contributed by atoms with van der Waals surface area (Å²) in [4.78, 5) is 4.39. The van der Waals surface area contributed by atoms with Crippen LogP contribution in [0.4, 0.5) is 22.7 Å². The number of hydrogen-bond donors (Lipinski definition) is 0. The normalized spacial score (nSPS) is 12.6. The fourth-order valence-corrected chi connectivity index (χ4v) is 6.00. The van der Waals surface area contributed by atoms with E-state index in [0.29, 0.717) is 0 Å². The largest absolute Gasteiger partial charge is 0.377 e. The maximum absolute atomic E-state index is 2.54. The van der Waals surface area contributed by atoms with Gasteiger partial charge in [0.2, 0.25) is 11.4 Å². The van der Waals surface area contributed by atoms with Crippen molar-refractivity contribution in [2.24, 2.45) is 0 Å². The van der Waals surface area contributed by atoms with Crippen LogP contribution in [0.5, 0.6) is 0 Å². The van der Waals surface area contributed by atoms with Crippen molar-refractivity contribution in [1.82, 2.24) is 0 Å². The molecule has 0 saturated carbocycles. The van der Waals surface area contributed by atoms with Gasteiger partial charge in [0.25, 0.3) is 0 Å². The van der Waals surface area contributed by atoms with Gasteiger partial charge in [-0.15, -0.1) is 0 Å². The molecule has 45 heavy (non-hydrogen) atoms. The van der Waals surface area contributed by atoms with Crippen molar-refractivity contribution in [2.45, 2.75) is 67.3 Å². The van der Waals surface area contributed by atoms with E-state index in [0.717, 1.165) is 32.4 Å². The van der Waals surface area contributed by atoms with Gasteiger partial charge in [-0.25, -0.2) is 4.58 Å². The molecule has 0 atom stereocenters. The summed E-state index contributed by atoms with van der Waals surface area (Å²) < 4.78 is 4.93. The molecule has 0 saturated heterocycles. The molecule has 2 aliphatic heterocycles. The van der Waals surface area contributed by atoms with Crippen molar-refractivity contribution < 1.29 is 9.15 Å². The molecule has 0 fully saturated rings. The van der Waals surface area contributed by atoms with Gasteiger partial charge >= 0.3 is 0 Å². The van der Waals surface area contributed by atoms with Crippen LogP contribution in [0.3, 0.4) is 0 Å². The number of hydrogen-bond acceptors (Lipinski definition) is 2. The molecule has 2 aliphatic rings. The van der Waals surface area contributed by atoms with Gasteiger partial charge in [-0.3, -0.25) is 0 Å². The molecule has 0 amide bonds. The van der Waals surface area contributed by atoms with Crippen LogP contribution in [0.1, 0.15) is 63.3 Å². The molecule has 6 rings (SSSR count). The Hall–Kier alpha value is -4.18. The molecule has 4 nitrogen and oxygen atoms in total. The maximum atomic E-state index is 2.54. The average Bonchev–Trinajstić information content (AvgIpc) is 3.59. The number of benzene rings is 4. The number of fused-ring (bicyclic) bond motifs is 2. The lowest BCUT2D eigenvalue weighted by molar-refractivity contribution is -0.456. The lowest BCUT2D eigenvalue weighted by Gasteiger charge is -2.21. The monoisotopic (exact) mass is 604 g/mol. The van der Waals surface area contributed by atoms with E-state index < -0.39 is 0 Å². The predicted molar refractivity (Wildman–Crippen MR) is 198 cm³/mol. The van der Waals surface area contributed by atoms with Crippen LogP contribution in [0, 0.1) is 6.92 Å². The van der Waals surface area contributed by atoms with E-state index in [1.54, 1.807) is 0 Å². The summed E-state index contributed by atoms with van der Waals surface area (Å²) in [5.74, 6) is 0. The summed E-state index contributed by atoms with van der Waals surface area (Å²) in [6.07, 6.45) is 3.15. The molecule has 0 spiro atoms. The molecule has 0 bridgehead atoms. The summed E-state index contributed by atoms with van der Waals surface area (Å²) >= 11 is 0. The zero-order valence-corrected chi connectivity index (χ0v) is 29.6. The van der Waals surface area contributed by atoms with Crippen LogP contribution >= 0.6 is 0 Å². The molecule has 0 aromatic heterocycles. The molecule has 0 aliphatic carbocycles. The minimum Gasteiger partial charge on any atom is -0.377 e. The number of rotatable bonds is 7. The van der Waals surface area contributed by atoms with E-state index in [-0.39, 0.29) is 0 Å². The first-order chi connectivity index (χ1) is 21.9. The van der Waals surface area contributed by atoms with E-state index in [1.807, 2.05) is 27.7 Å². The van der Waals surface area contributed by atoms with Crippen LogP contribution in [0.15, 0.2) is 97.1 Å². The quantitative estimate of drug-likeness (QED) is 0.195. The minimum absolute atomic E-state index is 0.942. The lowest BCUT2D eigenvalue weighted by atomic mass is 10.0. The Labute approximate surface area is 274 Å². The second-order valence-corrected chi connectivity index (χ2v) is 11.4. The lowest BCUT2D eigenvalue weighted by Crippen LogP contribution is -2.20. The van der Waals surface area contributed by atoms with Crippen molar-refractivity contribution in [1.29, 1.82) is 0 Å². The predicted octanol–water partition coefficient (Wildman–Crippen LogP) is 9.46. The third kappa shape index (κ3) is 8.72. The van der Waals surface area contributed by atoms with E-state index >= 15 is 0 Å². The summed E-state index contributed by atoms with van der Waals surface area (Å²) in [7, 11) is 8.48. The number of nitrogens with zero attached hydrogens (tertiary/aromatic N) is 4. The molecule has 4 heteroatoms. The fourth-order valence-electron chi connectivity index (χ4n) is 6.00. The summed E-state index contributed by atoms with van der Waals surface area (Å²) in [5, 5.41) is 0. The van der Waals surface area contributed by atoms with Crippen molar-refractivity contribution in [3.8, 4) is 0 Å². The highest BCUT2D eigenvalue weighted by Crippen LogP contribution is 2.31. The van der Waals surface area contributed by atoms with E-state index in [4.69, 9.17) is 0 Å². The zero-order valence-electron chi connectivity index (χ0n) is 29.6. The Morgan fingerprint density at radius 1 is 0.667 bits per heavy atom. The van der Waals surface area contributed by atoms with Crippen LogP contribution in [0.2, 0.25) is 0 Å². The first-order valence-electron chi connectivity index (χ1n) is 16.7. The molecular formula is C41H56N4+2. The van der Waals surface area contributed by atoms with Crippen LogP contribution in [0.25, 0.3) is 0 Å². The second kappa shape index (κ2) is 17.3. The van der Waals surface area contributed by atoms with Gasteiger partial charge in [0, 0.05) is 67.9 Å². The highest BCUT2D eigenvalue weighted by Gasteiger charge is 2.35. The summed E-state index contributed by atoms with van der Waals surface area (Å²) in [5.41, 5.74) is 13.9. The summed E-state index contributed by atoms with van der Waals surface area (Å²) in [6, 6.07) is 35.0. The smallest absolute Gasteiger partial charge is 0.209 e. The molecule has 0 N–H and O–H groups in total. The van der Waals surface area contributed by atoms with E-state index in [2.05, 4.69) is 158 Å². The molecule has 0 radical (unpaired) electrons. The van der Waals surface area contributed by atoms with E-state index in [1.165, 1.54) is 56.4 Å². The Bertz CT molecular complexity index is 1580. The molecule has 238 valence electrons. The van der Waals surface area contributed by atoms with Gasteiger partial charge in [-0.05, 0) is 37.6 Å². The highest BCUT2D eigenvalue weighted by atomic mass is 15.1. The van der Waals surface area contributed by atoms with Gasteiger partial charge in [0.15, 0.2) is 18.0 Å². The maximum Gasteiger partial charge on any atom is 0.209 e. The van der Waals surface area contributed by atoms with Crippen molar-refractivity contribution in [3.63, 3.8) is 0 Å². The van der Waals surface area contributed by atoms with Gasteiger partial charge in [-0.2, -0.15) is 4.58 Å². The fraction of sp³-hybridized carbons (Fsp3) is 0.366. The van der Waals surface area contributed by atoms with Crippen molar-refractivity contribution in [3.05, 3.63) is 119 Å². The summed E-state index contributed by atoms with van der Waals surface area (Å²) in [6.45, 7) is 14.3. The number of aryl methyl sites for hydroxylation is 1. The van der Waals surface area contributed by atoms with Crippen molar-refractivity contribution in [2.75, 3.05) is 44.5 Å². The van der Waals surface area contributed by atoms with Crippen molar-refractivity contribution >= 4 is 34.2 Å². The van der Waals surface area contributed by atoms with Gasteiger partial charge in [-0.1, -0.05) is 94.4 Å². The van der Waals surface area contributed by atoms with Gasteiger partial charge in [0.1, 0.15) is 13.5 Å².